The van der Waals surface area contributed by atoms with Crippen molar-refractivity contribution < 1.29 is 13.2 Å². The molecule has 0 radical (unpaired) electrons. The number of para-hydroxylation sites is 1. The molecule has 1 heterocycles. The number of nitrogens with one attached hydrogen (secondary N) is 1. The molecule has 33 heavy (non-hydrogen) atoms. The second-order valence-electron chi connectivity index (χ2n) is 8.23. The van der Waals surface area contributed by atoms with Crippen LogP contribution in [0, 0.1) is 6.92 Å². The van der Waals surface area contributed by atoms with E-state index in [0.29, 0.717) is 12.2 Å². The maximum absolute atomic E-state index is 13.3. The summed E-state index contributed by atoms with van der Waals surface area (Å²) in [6.45, 7) is 3.95. The molecule has 1 aliphatic heterocycles. The van der Waals surface area contributed by atoms with Crippen molar-refractivity contribution in [3.63, 3.8) is 0 Å². The first-order valence-electron chi connectivity index (χ1n) is 11.2. The number of hydrogen-bond acceptors (Lipinski definition) is 4. The quantitative estimate of drug-likeness (QED) is 0.491. The number of sulfonamides is 1. The van der Waals surface area contributed by atoms with Crippen LogP contribution in [-0.2, 0) is 21.2 Å². The summed E-state index contributed by atoms with van der Waals surface area (Å²) in [4.78, 5) is 15.2. The number of hydrogen-bond donors (Lipinski definition) is 1. The van der Waals surface area contributed by atoms with E-state index in [1.807, 2.05) is 19.1 Å². The molecule has 0 bridgehead atoms. The van der Waals surface area contributed by atoms with Gasteiger partial charge in [-0.1, -0.05) is 48.5 Å². The summed E-state index contributed by atoms with van der Waals surface area (Å²) in [5.41, 5.74) is 4.03. The zero-order chi connectivity index (χ0) is 23.3. The number of nitrogens with zero attached hydrogens (tertiary/aromatic N) is 2. The Bertz CT molecular complexity index is 1210. The summed E-state index contributed by atoms with van der Waals surface area (Å²) in [5, 5.41) is 2.90. The van der Waals surface area contributed by atoms with E-state index in [-0.39, 0.29) is 17.3 Å². The van der Waals surface area contributed by atoms with Gasteiger partial charge in [-0.3, -0.25) is 9.10 Å². The van der Waals surface area contributed by atoms with Crippen LogP contribution in [0.4, 0.5) is 11.4 Å². The van der Waals surface area contributed by atoms with Crippen LogP contribution in [0.3, 0.4) is 0 Å². The highest BCUT2D eigenvalue weighted by Gasteiger charge is 2.27. The number of benzene rings is 3. The van der Waals surface area contributed by atoms with Gasteiger partial charge in [0.25, 0.3) is 10.0 Å². The second-order valence-corrected chi connectivity index (χ2v) is 10.1. The molecule has 172 valence electrons. The topological polar surface area (TPSA) is 69.7 Å². The van der Waals surface area contributed by atoms with E-state index in [9.17, 15) is 13.2 Å². The second kappa shape index (κ2) is 10.1. The summed E-state index contributed by atoms with van der Waals surface area (Å²) in [5.74, 6) is -0.321. The number of fused-ring (bicyclic) bond motifs is 1. The van der Waals surface area contributed by atoms with Crippen molar-refractivity contribution in [2.75, 3.05) is 35.4 Å². The Morgan fingerprint density at radius 2 is 1.76 bits per heavy atom. The van der Waals surface area contributed by atoms with E-state index in [1.165, 1.54) is 15.6 Å². The highest BCUT2D eigenvalue weighted by molar-refractivity contribution is 7.92. The van der Waals surface area contributed by atoms with Gasteiger partial charge < -0.3 is 10.2 Å². The van der Waals surface area contributed by atoms with E-state index >= 15 is 0 Å². The summed E-state index contributed by atoms with van der Waals surface area (Å²) in [6, 6.07) is 23.8. The highest BCUT2D eigenvalue weighted by Crippen LogP contribution is 2.27. The Morgan fingerprint density at radius 3 is 2.55 bits per heavy atom. The fraction of sp³-hybridized carbons (Fsp3) is 0.269. The van der Waals surface area contributed by atoms with Crippen molar-refractivity contribution in [1.29, 1.82) is 0 Å². The third-order valence-electron chi connectivity index (χ3n) is 5.82. The Kier molecular flexibility index (Phi) is 6.99. The summed E-state index contributed by atoms with van der Waals surface area (Å²) < 4.78 is 27.9. The largest absolute Gasteiger partial charge is 0.371 e. The van der Waals surface area contributed by atoms with Crippen molar-refractivity contribution >= 4 is 27.3 Å². The molecule has 1 amide bonds. The van der Waals surface area contributed by atoms with Crippen LogP contribution in [0.2, 0.25) is 0 Å². The lowest BCUT2D eigenvalue weighted by Gasteiger charge is -2.24. The lowest BCUT2D eigenvalue weighted by molar-refractivity contribution is -0.119. The molecule has 0 unspecified atom stereocenters. The Balaban J connectivity index is 1.40. The average molecular weight is 464 g/mol. The number of rotatable bonds is 9. The fourth-order valence-electron chi connectivity index (χ4n) is 4.14. The van der Waals surface area contributed by atoms with Gasteiger partial charge in [-0.2, -0.15) is 0 Å². The summed E-state index contributed by atoms with van der Waals surface area (Å²) >= 11 is 0. The molecule has 3 aromatic rings. The average Bonchev–Trinajstić information content (AvgIpc) is 3.24. The van der Waals surface area contributed by atoms with Gasteiger partial charge in [0.2, 0.25) is 5.91 Å². The van der Waals surface area contributed by atoms with Crippen molar-refractivity contribution in [3.05, 3.63) is 90.0 Å². The van der Waals surface area contributed by atoms with E-state index < -0.39 is 10.0 Å². The normalized spacial score (nSPS) is 12.9. The standard InChI is InChI=1S/C26H29N3O3S/c1-21-9-7-11-23(19-21)29(33(31,32)24-12-3-2-4-13-24)20-26(30)27-16-8-17-28-18-15-22-10-5-6-14-25(22)28/h2-7,9-14,19H,8,15-18,20H2,1H3,(H,27,30). The molecular formula is C26H29N3O3S. The monoisotopic (exact) mass is 463 g/mol. The number of anilines is 2. The SMILES string of the molecule is Cc1cccc(N(CC(=O)NCCCN2CCc3ccccc32)S(=O)(=O)c2ccccc2)c1. The molecule has 0 aromatic heterocycles. The Morgan fingerprint density at radius 1 is 1.00 bits per heavy atom. The molecular weight excluding hydrogens is 434 g/mol. The first kappa shape index (κ1) is 22.9. The fourth-order valence-corrected chi connectivity index (χ4v) is 5.57. The Hall–Kier alpha value is -3.32. The molecule has 0 saturated heterocycles. The molecule has 0 atom stereocenters. The first-order chi connectivity index (χ1) is 15.9. The molecule has 0 saturated carbocycles. The van der Waals surface area contributed by atoms with E-state index in [1.54, 1.807) is 48.5 Å². The predicted octanol–water partition coefficient (Wildman–Crippen LogP) is 3.76. The van der Waals surface area contributed by atoms with Crippen molar-refractivity contribution in [3.8, 4) is 0 Å². The molecule has 0 spiro atoms. The number of carbonyl (C=O) groups excluding carboxylic acids is 1. The number of amides is 1. The van der Waals surface area contributed by atoms with Crippen molar-refractivity contribution in [2.45, 2.75) is 24.7 Å². The van der Waals surface area contributed by atoms with Crippen LogP contribution >= 0.6 is 0 Å². The molecule has 0 fully saturated rings. The van der Waals surface area contributed by atoms with Crippen LogP contribution in [0.1, 0.15) is 17.5 Å². The molecule has 1 aliphatic rings. The van der Waals surface area contributed by atoms with Gasteiger partial charge in [0, 0.05) is 25.3 Å². The Labute approximate surface area is 195 Å². The van der Waals surface area contributed by atoms with Gasteiger partial charge in [-0.25, -0.2) is 8.42 Å². The van der Waals surface area contributed by atoms with Gasteiger partial charge in [-0.05, 0) is 61.2 Å². The van der Waals surface area contributed by atoms with Gasteiger partial charge >= 0.3 is 0 Å². The van der Waals surface area contributed by atoms with Crippen molar-refractivity contribution in [1.82, 2.24) is 5.32 Å². The lowest BCUT2D eigenvalue weighted by atomic mass is 10.2. The lowest BCUT2D eigenvalue weighted by Crippen LogP contribution is -2.41. The summed E-state index contributed by atoms with van der Waals surface area (Å²) in [7, 11) is -3.88. The van der Waals surface area contributed by atoms with Gasteiger partial charge in [0.1, 0.15) is 6.54 Å². The predicted molar refractivity (Wildman–Crippen MR) is 132 cm³/mol. The van der Waals surface area contributed by atoms with Gasteiger partial charge in [-0.15, -0.1) is 0 Å². The van der Waals surface area contributed by atoms with Crippen molar-refractivity contribution in [2.24, 2.45) is 0 Å². The van der Waals surface area contributed by atoms with Crippen LogP contribution in [-0.4, -0.2) is 40.5 Å². The molecule has 4 rings (SSSR count). The van der Waals surface area contributed by atoms with E-state index in [2.05, 4.69) is 28.4 Å². The van der Waals surface area contributed by atoms with Crippen LogP contribution < -0.4 is 14.5 Å². The minimum atomic E-state index is -3.88. The molecule has 7 heteroatoms. The van der Waals surface area contributed by atoms with E-state index in [4.69, 9.17) is 0 Å². The van der Waals surface area contributed by atoms with Crippen LogP contribution in [0.25, 0.3) is 0 Å². The first-order valence-corrected chi connectivity index (χ1v) is 12.6. The molecule has 3 aromatic carbocycles. The zero-order valence-corrected chi connectivity index (χ0v) is 19.6. The minimum Gasteiger partial charge on any atom is -0.371 e. The molecule has 1 N–H and O–H groups in total. The summed E-state index contributed by atoms with van der Waals surface area (Å²) in [6.07, 6.45) is 1.83. The van der Waals surface area contributed by atoms with E-state index in [0.717, 1.165) is 31.5 Å². The van der Waals surface area contributed by atoms with Crippen LogP contribution in [0.15, 0.2) is 83.8 Å². The van der Waals surface area contributed by atoms with Gasteiger partial charge in [0.15, 0.2) is 0 Å². The molecule has 0 aliphatic carbocycles. The number of aryl methyl sites for hydroxylation is 1. The third-order valence-corrected chi connectivity index (χ3v) is 7.61. The highest BCUT2D eigenvalue weighted by atomic mass is 32.2. The van der Waals surface area contributed by atoms with Crippen LogP contribution in [0.5, 0.6) is 0 Å². The smallest absolute Gasteiger partial charge is 0.264 e. The number of carbonyl (C=O) groups is 1. The van der Waals surface area contributed by atoms with Gasteiger partial charge in [0.05, 0.1) is 10.6 Å². The third kappa shape index (κ3) is 5.37. The molecule has 6 nitrogen and oxygen atoms in total. The minimum absolute atomic E-state index is 0.159. The maximum atomic E-state index is 13.3. The zero-order valence-electron chi connectivity index (χ0n) is 18.8. The maximum Gasteiger partial charge on any atom is 0.264 e.